The van der Waals surface area contributed by atoms with Gasteiger partial charge in [-0.25, -0.2) is 9.18 Å². The zero-order valence-corrected chi connectivity index (χ0v) is 14.4. The Labute approximate surface area is 143 Å². The van der Waals surface area contributed by atoms with Crippen molar-refractivity contribution in [2.24, 2.45) is 10.9 Å². The molecule has 7 heteroatoms. The quantitative estimate of drug-likeness (QED) is 0.791. The van der Waals surface area contributed by atoms with Crippen LogP contribution in [0.25, 0.3) is 0 Å². The van der Waals surface area contributed by atoms with Crippen molar-refractivity contribution in [3.8, 4) is 0 Å². The molecule has 2 heterocycles. The highest BCUT2D eigenvalue weighted by Gasteiger charge is 2.47. The summed E-state index contributed by atoms with van der Waals surface area (Å²) < 4.78 is 15.2. The van der Waals surface area contributed by atoms with Crippen molar-refractivity contribution in [2.45, 2.75) is 12.7 Å². The fraction of sp³-hybridized carbons (Fsp3) is 0.294. The normalized spacial score (nSPS) is 20.8. The lowest BCUT2D eigenvalue weighted by Gasteiger charge is -2.27. The van der Waals surface area contributed by atoms with Crippen molar-refractivity contribution in [1.82, 2.24) is 4.90 Å². The number of halogens is 1. The lowest BCUT2D eigenvalue weighted by molar-refractivity contribution is -0.407. The molecule has 0 N–H and O–H groups in total. The second kappa shape index (κ2) is 6.32. The molecule has 3 rings (SSSR count). The number of benzene rings is 1. The van der Waals surface area contributed by atoms with Crippen LogP contribution in [0.2, 0.25) is 0 Å². The SMILES string of the molecule is CC1=C(SCc2ccccc2F)C2C(=O)N(C)C(=O)[N+](C)=C2N=C1. The molecule has 2 aliphatic rings. The molecule has 1 unspecified atom stereocenters. The third-order valence-corrected chi connectivity index (χ3v) is 5.46. The van der Waals surface area contributed by atoms with Gasteiger partial charge in [-0.2, -0.15) is 9.48 Å². The number of carbonyl (C=O) groups excluding carboxylic acids is 2. The van der Waals surface area contributed by atoms with Gasteiger partial charge in [-0.05, 0) is 24.1 Å². The van der Waals surface area contributed by atoms with Gasteiger partial charge in [-0.1, -0.05) is 18.2 Å². The van der Waals surface area contributed by atoms with Crippen LogP contribution in [0.4, 0.5) is 9.18 Å². The molecular weight excluding hydrogens is 329 g/mol. The number of allylic oxidation sites excluding steroid dienone is 1. The molecular formula is C17H17FN3O2S+. The van der Waals surface area contributed by atoms with Crippen LogP contribution >= 0.6 is 11.8 Å². The van der Waals surface area contributed by atoms with Crippen LogP contribution in [0.15, 0.2) is 39.7 Å². The van der Waals surface area contributed by atoms with Gasteiger partial charge in [0.15, 0.2) is 5.92 Å². The van der Waals surface area contributed by atoms with Gasteiger partial charge in [0.1, 0.15) is 12.0 Å². The van der Waals surface area contributed by atoms with E-state index >= 15 is 0 Å². The minimum Gasteiger partial charge on any atom is -0.255 e. The molecule has 0 fully saturated rings. The number of carbonyl (C=O) groups is 2. The van der Waals surface area contributed by atoms with Crippen LogP contribution in [0.1, 0.15) is 12.5 Å². The number of urea groups is 1. The number of hydrogen-bond donors (Lipinski definition) is 0. The molecule has 3 amide bonds. The van der Waals surface area contributed by atoms with Gasteiger partial charge in [-0.3, -0.25) is 4.79 Å². The molecule has 0 saturated carbocycles. The predicted octanol–water partition coefficient (Wildman–Crippen LogP) is 2.67. The van der Waals surface area contributed by atoms with Crippen LogP contribution in [-0.2, 0) is 10.5 Å². The van der Waals surface area contributed by atoms with Crippen LogP contribution in [0, 0.1) is 11.7 Å². The monoisotopic (exact) mass is 346 g/mol. The van der Waals surface area contributed by atoms with Crippen molar-refractivity contribution in [1.29, 1.82) is 0 Å². The highest BCUT2D eigenvalue weighted by molar-refractivity contribution is 8.02. The molecule has 0 spiro atoms. The van der Waals surface area contributed by atoms with Crippen LogP contribution in [-0.4, -0.2) is 47.6 Å². The third kappa shape index (κ3) is 2.69. The molecule has 0 saturated heterocycles. The smallest absolute Gasteiger partial charge is 0.255 e. The summed E-state index contributed by atoms with van der Waals surface area (Å²) in [5.41, 5.74) is 1.43. The summed E-state index contributed by atoms with van der Waals surface area (Å²) >= 11 is 1.41. The minimum absolute atomic E-state index is 0.267. The average Bonchev–Trinajstić information content (AvgIpc) is 2.58. The standard InChI is InChI=1S/C17H17FN3O2S/c1-10-8-19-15-13(16(22)21(3)17(23)20(15)2)14(10)24-9-11-6-4-5-7-12(11)18/h4-8,13H,9H2,1-3H3/q+1. The molecule has 2 aliphatic heterocycles. The maximum absolute atomic E-state index is 13.8. The number of imide groups is 1. The predicted molar refractivity (Wildman–Crippen MR) is 91.7 cm³/mol. The third-order valence-electron chi connectivity index (χ3n) is 4.14. The van der Waals surface area contributed by atoms with E-state index in [1.807, 2.05) is 6.92 Å². The Bertz CT molecular complexity index is 829. The van der Waals surface area contributed by atoms with Crippen molar-refractivity contribution in [3.63, 3.8) is 0 Å². The number of fused-ring (bicyclic) bond motifs is 1. The highest BCUT2D eigenvalue weighted by atomic mass is 32.2. The molecule has 1 aromatic carbocycles. The Hall–Kier alpha value is -2.28. The zero-order chi connectivity index (χ0) is 17.4. The van der Waals surface area contributed by atoms with Gasteiger partial charge >= 0.3 is 11.9 Å². The molecule has 5 nitrogen and oxygen atoms in total. The molecule has 1 aromatic rings. The summed E-state index contributed by atoms with van der Waals surface area (Å²) in [5, 5.41) is 0. The number of amidine groups is 1. The largest absolute Gasteiger partial charge is 0.445 e. The van der Waals surface area contributed by atoms with Crippen molar-refractivity contribution in [3.05, 3.63) is 46.1 Å². The van der Waals surface area contributed by atoms with Gasteiger partial charge in [-0.15, -0.1) is 16.8 Å². The lowest BCUT2D eigenvalue weighted by atomic mass is 9.99. The van der Waals surface area contributed by atoms with E-state index in [1.54, 1.807) is 31.5 Å². The highest BCUT2D eigenvalue weighted by Crippen LogP contribution is 2.36. The molecule has 124 valence electrons. The Balaban J connectivity index is 1.95. The second-order valence-electron chi connectivity index (χ2n) is 5.72. The summed E-state index contributed by atoms with van der Waals surface area (Å²) in [5.74, 6) is -0.355. The molecule has 24 heavy (non-hydrogen) atoms. The Morgan fingerprint density at radius 1 is 1.33 bits per heavy atom. The minimum atomic E-state index is -0.612. The Kier molecular flexibility index (Phi) is 4.36. The van der Waals surface area contributed by atoms with Crippen molar-refractivity contribution >= 4 is 35.8 Å². The number of hydrogen-bond acceptors (Lipinski definition) is 4. The van der Waals surface area contributed by atoms with Gasteiger partial charge in [0.25, 0.3) is 5.84 Å². The van der Waals surface area contributed by atoms with Crippen molar-refractivity contribution < 1.29 is 18.6 Å². The van der Waals surface area contributed by atoms with E-state index in [0.717, 1.165) is 15.4 Å². The molecule has 0 radical (unpaired) electrons. The van der Waals surface area contributed by atoms with E-state index in [1.165, 1.54) is 29.5 Å². The first-order valence-electron chi connectivity index (χ1n) is 7.45. The number of nitrogens with zero attached hydrogens (tertiary/aromatic N) is 3. The fourth-order valence-corrected chi connectivity index (χ4v) is 3.93. The van der Waals surface area contributed by atoms with Gasteiger partial charge < -0.3 is 0 Å². The summed E-state index contributed by atoms with van der Waals surface area (Å²) in [6.07, 6.45) is 1.65. The zero-order valence-electron chi connectivity index (χ0n) is 13.6. The van der Waals surface area contributed by atoms with Crippen LogP contribution in [0.5, 0.6) is 0 Å². The summed E-state index contributed by atoms with van der Waals surface area (Å²) in [7, 11) is 3.06. The first kappa shape index (κ1) is 16.6. The van der Waals surface area contributed by atoms with Crippen LogP contribution < -0.4 is 0 Å². The molecule has 1 atom stereocenters. The first-order valence-corrected chi connectivity index (χ1v) is 8.43. The maximum atomic E-state index is 13.8. The van der Waals surface area contributed by atoms with Gasteiger partial charge in [0.2, 0.25) is 0 Å². The maximum Gasteiger partial charge on any atom is 0.445 e. The average molecular weight is 346 g/mol. The molecule has 0 aromatic heterocycles. The number of aliphatic imine (C=N–C) groups is 1. The molecule has 0 bridgehead atoms. The molecule has 0 aliphatic carbocycles. The van der Waals surface area contributed by atoms with E-state index in [2.05, 4.69) is 4.99 Å². The number of amides is 3. The fourth-order valence-electron chi connectivity index (χ4n) is 2.73. The Morgan fingerprint density at radius 3 is 2.75 bits per heavy atom. The van der Waals surface area contributed by atoms with E-state index < -0.39 is 11.9 Å². The topological polar surface area (TPSA) is 52.8 Å². The van der Waals surface area contributed by atoms with Gasteiger partial charge in [0.05, 0.1) is 14.1 Å². The van der Waals surface area contributed by atoms with E-state index in [0.29, 0.717) is 17.2 Å². The van der Waals surface area contributed by atoms with E-state index in [9.17, 15) is 14.0 Å². The first-order chi connectivity index (χ1) is 11.4. The lowest BCUT2D eigenvalue weighted by Crippen LogP contribution is -2.52. The second-order valence-corrected chi connectivity index (χ2v) is 6.73. The van der Waals surface area contributed by atoms with Gasteiger partial charge in [0, 0.05) is 10.7 Å². The van der Waals surface area contributed by atoms with Crippen molar-refractivity contribution in [2.75, 3.05) is 14.1 Å². The summed E-state index contributed by atoms with van der Waals surface area (Å²) in [6, 6.07) is 6.17. The van der Waals surface area contributed by atoms with Crippen LogP contribution in [0.3, 0.4) is 0 Å². The van der Waals surface area contributed by atoms with E-state index in [-0.39, 0.29) is 11.7 Å². The summed E-state index contributed by atoms with van der Waals surface area (Å²) in [4.78, 5) is 30.9. The number of thioether (sulfide) groups is 1. The number of rotatable bonds is 3. The number of dihydropyridines is 1. The van der Waals surface area contributed by atoms with E-state index in [4.69, 9.17) is 0 Å². The summed E-state index contributed by atoms with van der Waals surface area (Å²) in [6.45, 7) is 1.87. The Morgan fingerprint density at radius 2 is 2.04 bits per heavy atom.